The van der Waals surface area contributed by atoms with Crippen LogP contribution < -0.4 is 5.32 Å². The summed E-state index contributed by atoms with van der Waals surface area (Å²) in [6, 6.07) is 8.60. The smallest absolute Gasteiger partial charge is 0.302 e. The molecule has 1 N–H and O–H groups in total. The molecule has 0 aliphatic heterocycles. The van der Waals surface area contributed by atoms with Gasteiger partial charge in [0, 0.05) is 20.0 Å². The summed E-state index contributed by atoms with van der Waals surface area (Å²) in [6.07, 6.45) is -0.0857. The van der Waals surface area contributed by atoms with Crippen LogP contribution in [0.5, 0.6) is 0 Å². The zero-order chi connectivity index (χ0) is 13.5. The molecule has 3 heteroatoms. The lowest BCUT2D eigenvalue weighted by molar-refractivity contribution is -0.145. The molecule has 0 bridgehead atoms. The van der Waals surface area contributed by atoms with Gasteiger partial charge >= 0.3 is 5.97 Å². The number of hydrogen-bond donors (Lipinski definition) is 1. The minimum Gasteiger partial charge on any atom is -0.462 e. The van der Waals surface area contributed by atoms with Gasteiger partial charge in [-0.25, -0.2) is 0 Å². The Morgan fingerprint density at radius 3 is 2.33 bits per heavy atom. The molecule has 0 heterocycles. The minimum absolute atomic E-state index is 0.0857. The Morgan fingerprint density at radius 2 is 1.83 bits per heavy atom. The van der Waals surface area contributed by atoms with Crippen LogP contribution in [0.25, 0.3) is 0 Å². The predicted molar refractivity (Wildman–Crippen MR) is 73.5 cm³/mol. The SMILES string of the molecule is CC(=O)OC(C)CNCc1ccc(C(C)C)cc1. The van der Waals surface area contributed by atoms with E-state index in [0.717, 1.165) is 6.54 Å². The normalized spacial score (nSPS) is 12.5. The summed E-state index contributed by atoms with van der Waals surface area (Å²) >= 11 is 0. The van der Waals surface area contributed by atoms with Crippen molar-refractivity contribution >= 4 is 5.97 Å². The monoisotopic (exact) mass is 249 g/mol. The van der Waals surface area contributed by atoms with Crippen molar-refractivity contribution in [3.05, 3.63) is 35.4 Å². The van der Waals surface area contributed by atoms with Crippen molar-refractivity contribution in [1.29, 1.82) is 0 Å². The number of carbonyl (C=O) groups excluding carboxylic acids is 1. The van der Waals surface area contributed by atoms with Gasteiger partial charge in [-0.1, -0.05) is 38.1 Å². The third-order valence-corrected chi connectivity index (χ3v) is 2.77. The van der Waals surface area contributed by atoms with Crippen LogP contribution in [0.2, 0.25) is 0 Å². The summed E-state index contributed by atoms with van der Waals surface area (Å²) in [5.74, 6) is 0.335. The van der Waals surface area contributed by atoms with Crippen LogP contribution in [0, 0.1) is 0 Å². The van der Waals surface area contributed by atoms with E-state index in [9.17, 15) is 4.79 Å². The summed E-state index contributed by atoms with van der Waals surface area (Å²) < 4.78 is 5.04. The standard InChI is InChI=1S/C15H23NO2/c1-11(2)15-7-5-14(6-8-15)10-16-9-12(3)18-13(4)17/h5-8,11-12,16H,9-10H2,1-4H3. The van der Waals surface area contributed by atoms with E-state index in [1.54, 1.807) is 0 Å². The Balaban J connectivity index is 2.33. The molecular formula is C15H23NO2. The first kappa shape index (κ1) is 14.7. The number of benzene rings is 1. The number of nitrogens with one attached hydrogen (secondary N) is 1. The van der Waals surface area contributed by atoms with Crippen molar-refractivity contribution in [2.75, 3.05) is 6.54 Å². The lowest BCUT2D eigenvalue weighted by atomic mass is 10.0. The van der Waals surface area contributed by atoms with Crippen molar-refractivity contribution in [1.82, 2.24) is 5.32 Å². The van der Waals surface area contributed by atoms with Crippen LogP contribution in [-0.2, 0) is 16.1 Å². The fourth-order valence-corrected chi connectivity index (χ4v) is 1.77. The number of ether oxygens (including phenoxy) is 1. The first-order valence-electron chi connectivity index (χ1n) is 6.45. The average Bonchev–Trinajstić information content (AvgIpc) is 2.28. The number of carbonyl (C=O) groups is 1. The molecule has 0 saturated heterocycles. The summed E-state index contributed by atoms with van der Waals surface area (Å²) in [4.78, 5) is 10.7. The Morgan fingerprint density at radius 1 is 1.22 bits per heavy atom. The number of rotatable bonds is 6. The molecule has 1 rings (SSSR count). The van der Waals surface area contributed by atoms with Gasteiger partial charge in [0.1, 0.15) is 6.10 Å². The quantitative estimate of drug-likeness (QED) is 0.788. The van der Waals surface area contributed by atoms with E-state index in [1.165, 1.54) is 18.1 Å². The van der Waals surface area contributed by atoms with Crippen molar-refractivity contribution in [2.24, 2.45) is 0 Å². The maximum Gasteiger partial charge on any atom is 0.302 e. The van der Waals surface area contributed by atoms with E-state index >= 15 is 0 Å². The molecular weight excluding hydrogens is 226 g/mol. The molecule has 0 radical (unpaired) electrons. The number of hydrogen-bond acceptors (Lipinski definition) is 3. The van der Waals surface area contributed by atoms with E-state index in [-0.39, 0.29) is 12.1 Å². The largest absolute Gasteiger partial charge is 0.462 e. The molecule has 0 fully saturated rings. The molecule has 1 unspecified atom stereocenters. The van der Waals surface area contributed by atoms with Crippen LogP contribution in [-0.4, -0.2) is 18.6 Å². The molecule has 1 aromatic carbocycles. The zero-order valence-corrected chi connectivity index (χ0v) is 11.7. The van der Waals surface area contributed by atoms with E-state index < -0.39 is 0 Å². The Bertz CT molecular complexity index is 371. The van der Waals surface area contributed by atoms with Gasteiger partial charge in [0.05, 0.1) is 0 Å². The van der Waals surface area contributed by atoms with Gasteiger partial charge in [0.15, 0.2) is 0 Å². The third-order valence-electron chi connectivity index (χ3n) is 2.77. The third kappa shape index (κ3) is 5.32. The highest BCUT2D eigenvalue weighted by Crippen LogP contribution is 2.14. The topological polar surface area (TPSA) is 38.3 Å². The Labute approximate surface area is 110 Å². The van der Waals surface area contributed by atoms with Gasteiger partial charge in [-0.15, -0.1) is 0 Å². The van der Waals surface area contributed by atoms with Crippen molar-refractivity contribution in [3.63, 3.8) is 0 Å². The van der Waals surface area contributed by atoms with Crippen LogP contribution in [0.3, 0.4) is 0 Å². The van der Waals surface area contributed by atoms with Crippen molar-refractivity contribution < 1.29 is 9.53 Å². The van der Waals surface area contributed by atoms with Crippen molar-refractivity contribution in [2.45, 2.75) is 46.3 Å². The second-order valence-corrected chi connectivity index (χ2v) is 4.95. The Hall–Kier alpha value is -1.35. The molecule has 100 valence electrons. The summed E-state index contributed by atoms with van der Waals surface area (Å²) in [6.45, 7) is 9.16. The van der Waals surface area contributed by atoms with Crippen LogP contribution in [0.15, 0.2) is 24.3 Å². The predicted octanol–water partition coefficient (Wildman–Crippen LogP) is 2.85. The van der Waals surface area contributed by atoms with Crippen LogP contribution in [0.1, 0.15) is 44.7 Å². The van der Waals surface area contributed by atoms with Gasteiger partial charge < -0.3 is 10.1 Å². The van der Waals surface area contributed by atoms with Gasteiger partial charge in [-0.2, -0.15) is 0 Å². The lowest BCUT2D eigenvalue weighted by Crippen LogP contribution is -2.27. The first-order valence-corrected chi connectivity index (χ1v) is 6.45. The van der Waals surface area contributed by atoms with E-state index in [4.69, 9.17) is 4.74 Å². The molecule has 0 aliphatic rings. The fourth-order valence-electron chi connectivity index (χ4n) is 1.77. The molecule has 0 saturated carbocycles. The molecule has 18 heavy (non-hydrogen) atoms. The minimum atomic E-state index is -0.231. The lowest BCUT2D eigenvalue weighted by Gasteiger charge is -2.13. The summed E-state index contributed by atoms with van der Waals surface area (Å²) in [5.41, 5.74) is 2.60. The summed E-state index contributed by atoms with van der Waals surface area (Å²) in [5, 5.41) is 3.28. The second-order valence-electron chi connectivity index (χ2n) is 4.95. The van der Waals surface area contributed by atoms with E-state index in [2.05, 4.69) is 43.4 Å². The first-order chi connectivity index (χ1) is 8.49. The molecule has 1 aromatic rings. The fraction of sp³-hybridized carbons (Fsp3) is 0.533. The van der Waals surface area contributed by atoms with E-state index in [1.807, 2.05) is 6.92 Å². The zero-order valence-electron chi connectivity index (χ0n) is 11.7. The molecule has 1 atom stereocenters. The molecule has 0 aromatic heterocycles. The highest BCUT2D eigenvalue weighted by atomic mass is 16.5. The van der Waals surface area contributed by atoms with Crippen molar-refractivity contribution in [3.8, 4) is 0 Å². The van der Waals surface area contributed by atoms with Crippen LogP contribution in [0.4, 0.5) is 0 Å². The second kappa shape index (κ2) is 7.17. The van der Waals surface area contributed by atoms with E-state index in [0.29, 0.717) is 12.5 Å². The van der Waals surface area contributed by atoms with Gasteiger partial charge in [-0.3, -0.25) is 4.79 Å². The van der Waals surface area contributed by atoms with Crippen LogP contribution >= 0.6 is 0 Å². The summed E-state index contributed by atoms with van der Waals surface area (Å²) in [7, 11) is 0. The maximum atomic E-state index is 10.7. The average molecular weight is 249 g/mol. The van der Waals surface area contributed by atoms with Gasteiger partial charge in [0.25, 0.3) is 0 Å². The highest BCUT2D eigenvalue weighted by molar-refractivity contribution is 5.66. The van der Waals surface area contributed by atoms with Gasteiger partial charge in [0.2, 0.25) is 0 Å². The highest BCUT2D eigenvalue weighted by Gasteiger charge is 2.04. The maximum absolute atomic E-state index is 10.7. The Kier molecular flexibility index (Phi) is 5.86. The molecule has 0 spiro atoms. The molecule has 0 amide bonds. The molecule has 0 aliphatic carbocycles. The number of esters is 1. The molecule has 3 nitrogen and oxygen atoms in total. The van der Waals surface area contributed by atoms with Gasteiger partial charge in [-0.05, 0) is 24.0 Å².